The molecule has 4 heteroatoms. The van der Waals surface area contributed by atoms with Crippen LogP contribution in [0.3, 0.4) is 0 Å². The zero-order valence-electron chi connectivity index (χ0n) is 10.3. The Morgan fingerprint density at radius 2 is 1.72 bits per heavy atom. The topological polar surface area (TPSA) is 57.6 Å². The van der Waals surface area contributed by atoms with Crippen molar-refractivity contribution in [3.8, 4) is 0 Å². The van der Waals surface area contributed by atoms with Gasteiger partial charge in [-0.3, -0.25) is 4.79 Å². The number of hydrogen-bond donors (Lipinski definition) is 1. The molecule has 0 saturated carbocycles. The van der Waals surface area contributed by atoms with Gasteiger partial charge in [0.25, 0.3) is 5.78 Å². The van der Waals surface area contributed by atoms with E-state index in [-0.39, 0.29) is 0 Å². The van der Waals surface area contributed by atoms with Crippen LogP contribution in [-0.2, 0) is 9.59 Å². The fraction of sp³-hybridized carbons (Fsp3) is 0.143. The Hall–Kier alpha value is -2.36. The van der Waals surface area contributed by atoms with Crippen molar-refractivity contribution in [2.45, 2.75) is 0 Å². The van der Waals surface area contributed by atoms with Crippen LogP contribution < -0.4 is 4.90 Å². The Kier molecular flexibility index (Phi) is 4.87. The molecule has 1 aromatic carbocycles. The third kappa shape index (κ3) is 4.25. The maximum absolute atomic E-state index is 10.7. The van der Waals surface area contributed by atoms with Gasteiger partial charge < -0.3 is 10.0 Å². The second kappa shape index (κ2) is 6.39. The highest BCUT2D eigenvalue weighted by Gasteiger charge is 2.04. The fourth-order valence-corrected chi connectivity index (χ4v) is 1.26. The number of hydrogen-bond acceptors (Lipinski definition) is 3. The minimum atomic E-state index is -1.45. The van der Waals surface area contributed by atoms with E-state index in [4.69, 9.17) is 5.11 Å². The predicted molar refractivity (Wildman–Crippen MR) is 71.6 cm³/mol. The second-order valence-electron chi connectivity index (χ2n) is 3.87. The number of ketones is 1. The molecule has 0 unspecified atom stereocenters. The van der Waals surface area contributed by atoms with Crippen LogP contribution >= 0.6 is 0 Å². The van der Waals surface area contributed by atoms with E-state index in [1.54, 1.807) is 12.2 Å². The lowest BCUT2D eigenvalue weighted by molar-refractivity contribution is -0.146. The third-order valence-corrected chi connectivity index (χ3v) is 2.27. The highest BCUT2D eigenvalue weighted by atomic mass is 16.4. The maximum atomic E-state index is 10.7. The van der Waals surface area contributed by atoms with Gasteiger partial charge in [-0.1, -0.05) is 30.4 Å². The molecule has 0 aliphatic rings. The number of benzene rings is 1. The fourth-order valence-electron chi connectivity index (χ4n) is 1.26. The largest absolute Gasteiger partial charge is 0.475 e. The smallest absolute Gasteiger partial charge is 0.376 e. The first-order chi connectivity index (χ1) is 8.50. The molecule has 94 valence electrons. The number of carboxylic acids is 1. The van der Waals surface area contributed by atoms with Gasteiger partial charge in [0.05, 0.1) is 0 Å². The molecule has 0 atom stereocenters. The van der Waals surface area contributed by atoms with E-state index in [1.165, 1.54) is 6.08 Å². The molecule has 0 bridgehead atoms. The number of carbonyl (C=O) groups excluding carboxylic acids is 1. The summed E-state index contributed by atoms with van der Waals surface area (Å²) in [5.74, 6) is -2.38. The molecule has 1 aromatic rings. The second-order valence-corrected chi connectivity index (χ2v) is 3.87. The van der Waals surface area contributed by atoms with Crippen molar-refractivity contribution in [1.29, 1.82) is 0 Å². The zero-order chi connectivity index (χ0) is 13.5. The summed E-state index contributed by atoms with van der Waals surface area (Å²) in [6.45, 7) is 0. The van der Waals surface area contributed by atoms with Crippen LogP contribution in [0.25, 0.3) is 6.08 Å². The molecule has 0 saturated heterocycles. The van der Waals surface area contributed by atoms with E-state index in [9.17, 15) is 9.59 Å². The van der Waals surface area contributed by atoms with Crippen molar-refractivity contribution < 1.29 is 14.7 Å². The summed E-state index contributed by atoms with van der Waals surface area (Å²) < 4.78 is 0. The summed E-state index contributed by atoms with van der Waals surface area (Å²) in [5, 5.41) is 8.35. The summed E-state index contributed by atoms with van der Waals surface area (Å²) in [6.07, 6.45) is 5.86. The van der Waals surface area contributed by atoms with Crippen LogP contribution in [0.4, 0.5) is 5.69 Å². The third-order valence-electron chi connectivity index (χ3n) is 2.27. The Morgan fingerprint density at radius 1 is 1.11 bits per heavy atom. The SMILES string of the molecule is CN(C)c1ccc(/C=C/C=C/C(=O)C(=O)O)cc1. The molecule has 18 heavy (non-hydrogen) atoms. The molecule has 1 rings (SSSR count). The van der Waals surface area contributed by atoms with Gasteiger partial charge in [-0.15, -0.1) is 0 Å². The highest BCUT2D eigenvalue weighted by Crippen LogP contribution is 2.13. The van der Waals surface area contributed by atoms with Gasteiger partial charge in [0, 0.05) is 19.8 Å². The van der Waals surface area contributed by atoms with Crippen LogP contribution in [0.15, 0.2) is 42.5 Å². The monoisotopic (exact) mass is 245 g/mol. The molecular weight excluding hydrogens is 230 g/mol. The van der Waals surface area contributed by atoms with Gasteiger partial charge in [0.2, 0.25) is 0 Å². The van der Waals surface area contributed by atoms with Gasteiger partial charge >= 0.3 is 5.97 Å². The minimum Gasteiger partial charge on any atom is -0.475 e. The molecule has 0 aromatic heterocycles. The number of nitrogens with zero attached hydrogens (tertiary/aromatic N) is 1. The molecule has 0 fully saturated rings. The number of aliphatic carboxylic acids is 1. The van der Waals surface area contributed by atoms with Crippen LogP contribution in [0.5, 0.6) is 0 Å². The van der Waals surface area contributed by atoms with Gasteiger partial charge in [-0.25, -0.2) is 4.79 Å². The van der Waals surface area contributed by atoms with Crippen LogP contribution in [0.1, 0.15) is 5.56 Å². The summed E-state index contributed by atoms with van der Waals surface area (Å²) in [6, 6.07) is 7.84. The molecular formula is C14H15NO3. The van der Waals surface area contributed by atoms with Crippen LogP contribution in [-0.4, -0.2) is 31.0 Å². The average Bonchev–Trinajstić information content (AvgIpc) is 2.34. The van der Waals surface area contributed by atoms with E-state index in [1.807, 2.05) is 43.3 Å². The first-order valence-electron chi connectivity index (χ1n) is 5.40. The summed E-state index contributed by atoms with van der Waals surface area (Å²) in [7, 11) is 3.93. The van der Waals surface area contributed by atoms with Gasteiger partial charge in [0.1, 0.15) is 0 Å². The van der Waals surface area contributed by atoms with E-state index in [0.29, 0.717) is 0 Å². The van der Waals surface area contributed by atoms with Crippen LogP contribution in [0, 0.1) is 0 Å². The van der Waals surface area contributed by atoms with Crippen molar-refractivity contribution in [3.05, 3.63) is 48.1 Å². The van der Waals surface area contributed by atoms with Crippen molar-refractivity contribution in [2.75, 3.05) is 19.0 Å². The van der Waals surface area contributed by atoms with E-state index in [0.717, 1.165) is 17.3 Å². The number of rotatable bonds is 5. The summed E-state index contributed by atoms with van der Waals surface area (Å²) >= 11 is 0. The Morgan fingerprint density at radius 3 is 2.22 bits per heavy atom. The minimum absolute atomic E-state index is 0.928. The lowest BCUT2D eigenvalue weighted by Gasteiger charge is -2.11. The average molecular weight is 245 g/mol. The molecule has 0 aliphatic heterocycles. The lowest BCUT2D eigenvalue weighted by Crippen LogP contribution is -2.08. The molecule has 0 radical (unpaired) electrons. The van der Waals surface area contributed by atoms with E-state index < -0.39 is 11.8 Å². The van der Waals surface area contributed by atoms with Crippen molar-refractivity contribution in [1.82, 2.24) is 0 Å². The lowest BCUT2D eigenvalue weighted by atomic mass is 10.2. The molecule has 0 aliphatic carbocycles. The van der Waals surface area contributed by atoms with Crippen molar-refractivity contribution in [3.63, 3.8) is 0 Å². The van der Waals surface area contributed by atoms with Gasteiger partial charge in [-0.05, 0) is 23.8 Å². The van der Waals surface area contributed by atoms with Crippen molar-refractivity contribution >= 4 is 23.5 Å². The Labute approximate surface area is 106 Å². The molecule has 0 amide bonds. The first kappa shape index (κ1) is 13.7. The standard InChI is InChI=1S/C14H15NO3/c1-15(2)12-9-7-11(8-10-12)5-3-4-6-13(16)14(17)18/h3-10H,1-2H3,(H,17,18)/b5-3+,6-4+. The Bertz CT molecular complexity index is 484. The molecule has 4 nitrogen and oxygen atoms in total. The highest BCUT2D eigenvalue weighted by molar-refractivity contribution is 6.37. The molecule has 0 spiro atoms. The normalized spacial score (nSPS) is 11.0. The van der Waals surface area contributed by atoms with E-state index >= 15 is 0 Å². The van der Waals surface area contributed by atoms with Gasteiger partial charge in [-0.2, -0.15) is 0 Å². The van der Waals surface area contributed by atoms with Gasteiger partial charge in [0.15, 0.2) is 0 Å². The summed E-state index contributed by atoms with van der Waals surface area (Å²) in [5.41, 5.74) is 2.08. The number of allylic oxidation sites excluding steroid dienone is 2. The first-order valence-corrected chi connectivity index (χ1v) is 5.40. The van der Waals surface area contributed by atoms with Crippen molar-refractivity contribution in [2.24, 2.45) is 0 Å². The Balaban J connectivity index is 2.62. The molecule has 0 heterocycles. The zero-order valence-corrected chi connectivity index (χ0v) is 10.3. The summed E-state index contributed by atoms with van der Waals surface area (Å²) in [4.78, 5) is 23.0. The number of carbonyl (C=O) groups is 2. The number of anilines is 1. The quantitative estimate of drug-likeness (QED) is 0.489. The predicted octanol–water partition coefficient (Wildman–Crippen LogP) is 1.98. The molecule has 1 N–H and O–H groups in total. The maximum Gasteiger partial charge on any atom is 0.376 e. The number of carboxylic acid groups (broad SMARTS) is 1. The van der Waals surface area contributed by atoms with Crippen LogP contribution in [0.2, 0.25) is 0 Å². The van der Waals surface area contributed by atoms with E-state index in [2.05, 4.69) is 0 Å².